The topological polar surface area (TPSA) is 234 Å². The highest BCUT2D eigenvalue weighted by atomic mass is 16.4. The molecule has 1 unspecified atom stereocenters. The van der Waals surface area contributed by atoms with Gasteiger partial charge < -0.3 is 30.6 Å². The first-order valence-corrected chi connectivity index (χ1v) is 13.3. The van der Waals surface area contributed by atoms with E-state index in [-0.39, 0.29) is 39.0 Å². The molecule has 0 aromatic heterocycles. The Morgan fingerprint density at radius 1 is 0.450 bits per heavy atom. The minimum Gasteiger partial charge on any atom is -0.481 e. The highest BCUT2D eigenvalue weighted by Gasteiger charge is 2.27. The summed E-state index contributed by atoms with van der Waals surface area (Å²) in [7, 11) is 0. The smallest absolute Gasteiger partial charge is 0.320 e. The van der Waals surface area contributed by atoms with E-state index in [9.17, 15) is 33.9 Å². The lowest BCUT2D eigenvalue weighted by molar-refractivity contribution is -0.146. The van der Waals surface area contributed by atoms with Gasteiger partial charge in [-0.25, -0.2) is 0 Å². The first kappa shape index (κ1) is 36.7. The van der Waals surface area contributed by atoms with Crippen molar-refractivity contribution in [3.8, 4) is 0 Å². The molecule has 0 radical (unpaired) electrons. The van der Waals surface area contributed by atoms with Crippen LogP contribution < -0.4 is 0 Å². The van der Waals surface area contributed by atoms with Gasteiger partial charge in [0.25, 0.3) is 0 Å². The first-order valence-electron chi connectivity index (χ1n) is 13.3. The number of unbranched alkanes of at least 4 members (excludes halogenated alkanes) is 7. The third-order valence-corrected chi connectivity index (χ3v) is 6.19. The number of carboxylic acids is 6. The largest absolute Gasteiger partial charge is 0.481 e. The Bertz CT molecular complexity index is 751. The third-order valence-electron chi connectivity index (χ3n) is 6.19. The first-order chi connectivity index (χ1) is 18.8. The fraction of sp³-hybridized carbons (Fsp3) is 0.760. The molecule has 0 amide bonds. The summed E-state index contributed by atoms with van der Waals surface area (Å²) in [6.07, 6.45) is 6.84. The number of carboxylic acid groups (broad SMARTS) is 6. The van der Waals surface area contributed by atoms with Crippen LogP contribution in [-0.4, -0.2) is 140 Å². The van der Waals surface area contributed by atoms with Gasteiger partial charge in [-0.1, -0.05) is 44.9 Å². The van der Waals surface area contributed by atoms with Gasteiger partial charge in [0, 0.05) is 32.6 Å². The predicted molar refractivity (Wildman–Crippen MR) is 140 cm³/mol. The van der Waals surface area contributed by atoms with Crippen LogP contribution in [0.1, 0.15) is 64.2 Å². The SMILES string of the molecule is O=C(O)CCCCCCCCCCC(C(=O)O)N(CCN(CC(=O)O)CC(=O)O)CCN(CC(=O)O)CC(=O)O. The van der Waals surface area contributed by atoms with Crippen molar-refractivity contribution in [2.24, 2.45) is 0 Å². The maximum absolute atomic E-state index is 12.2. The molecule has 0 rings (SSSR count). The van der Waals surface area contributed by atoms with Crippen LogP contribution in [0.15, 0.2) is 0 Å². The minimum atomic E-state index is -1.25. The highest BCUT2D eigenvalue weighted by Crippen LogP contribution is 2.15. The summed E-state index contributed by atoms with van der Waals surface area (Å²) >= 11 is 0. The van der Waals surface area contributed by atoms with Gasteiger partial charge in [0.2, 0.25) is 0 Å². The fourth-order valence-corrected chi connectivity index (χ4v) is 4.29. The van der Waals surface area contributed by atoms with E-state index in [2.05, 4.69) is 0 Å². The normalized spacial score (nSPS) is 12.1. The van der Waals surface area contributed by atoms with Gasteiger partial charge >= 0.3 is 35.8 Å². The van der Waals surface area contributed by atoms with Crippen molar-refractivity contribution >= 4 is 35.8 Å². The molecule has 15 nitrogen and oxygen atoms in total. The van der Waals surface area contributed by atoms with Crippen LogP contribution in [0.5, 0.6) is 0 Å². The number of carbonyl (C=O) groups is 6. The molecular formula is C25H43N3O12. The number of nitrogens with zero attached hydrogens (tertiary/aromatic N) is 3. The Balaban J connectivity index is 5.19. The molecule has 0 aliphatic rings. The molecule has 40 heavy (non-hydrogen) atoms. The van der Waals surface area contributed by atoms with Gasteiger partial charge in [-0.15, -0.1) is 0 Å². The number of aliphatic carboxylic acids is 6. The molecule has 0 spiro atoms. The second-order valence-electron chi connectivity index (χ2n) is 9.65. The lowest BCUT2D eigenvalue weighted by Crippen LogP contribution is -2.50. The summed E-state index contributed by atoms with van der Waals surface area (Å²) in [5.74, 6) is -6.96. The maximum atomic E-state index is 12.2. The zero-order valence-corrected chi connectivity index (χ0v) is 22.8. The second kappa shape index (κ2) is 21.5. The molecule has 0 aliphatic carbocycles. The molecule has 15 heteroatoms. The van der Waals surface area contributed by atoms with Crippen LogP contribution in [0.3, 0.4) is 0 Å². The minimum absolute atomic E-state index is 0.0259. The molecule has 0 fully saturated rings. The van der Waals surface area contributed by atoms with Gasteiger partial charge in [-0.05, 0) is 12.8 Å². The Morgan fingerprint density at radius 3 is 1.12 bits per heavy atom. The van der Waals surface area contributed by atoms with Gasteiger partial charge in [-0.2, -0.15) is 0 Å². The van der Waals surface area contributed by atoms with Gasteiger partial charge in [-0.3, -0.25) is 43.5 Å². The summed E-state index contributed by atoms with van der Waals surface area (Å²) in [6.45, 7) is -2.50. The molecule has 230 valence electrons. The van der Waals surface area contributed by atoms with Gasteiger partial charge in [0.1, 0.15) is 6.04 Å². The van der Waals surface area contributed by atoms with Crippen LogP contribution in [0, 0.1) is 0 Å². The molecule has 0 aromatic carbocycles. The monoisotopic (exact) mass is 577 g/mol. The molecule has 0 aromatic rings. The molecule has 6 N–H and O–H groups in total. The third kappa shape index (κ3) is 20.6. The molecular weight excluding hydrogens is 534 g/mol. The van der Waals surface area contributed by atoms with Crippen molar-refractivity contribution in [2.75, 3.05) is 52.4 Å². The molecule has 0 aliphatic heterocycles. The van der Waals surface area contributed by atoms with Crippen molar-refractivity contribution in [3.05, 3.63) is 0 Å². The van der Waals surface area contributed by atoms with Crippen LogP contribution >= 0.6 is 0 Å². The Hall–Kier alpha value is -3.30. The Labute approximate surface area is 233 Å². The van der Waals surface area contributed by atoms with Crippen molar-refractivity contribution in [3.63, 3.8) is 0 Å². The number of rotatable bonds is 27. The lowest BCUT2D eigenvalue weighted by Gasteiger charge is -2.32. The molecule has 0 saturated heterocycles. The number of hydrogen-bond acceptors (Lipinski definition) is 9. The second-order valence-corrected chi connectivity index (χ2v) is 9.65. The summed E-state index contributed by atoms with van der Waals surface area (Å²) in [5.41, 5.74) is 0. The van der Waals surface area contributed by atoms with E-state index < -0.39 is 68.0 Å². The Morgan fingerprint density at radius 2 is 0.800 bits per heavy atom. The summed E-state index contributed by atoms with van der Waals surface area (Å²) in [6, 6.07) is -1.02. The quantitative estimate of drug-likeness (QED) is 0.0736. The van der Waals surface area contributed by atoms with E-state index in [4.69, 9.17) is 25.5 Å². The average Bonchev–Trinajstić information content (AvgIpc) is 2.81. The molecule has 0 bridgehead atoms. The van der Waals surface area contributed by atoms with Crippen LogP contribution in [0.4, 0.5) is 0 Å². The zero-order chi connectivity index (χ0) is 30.5. The van der Waals surface area contributed by atoms with E-state index in [1.807, 2.05) is 0 Å². The average molecular weight is 578 g/mol. The van der Waals surface area contributed by atoms with Crippen LogP contribution in [-0.2, 0) is 28.8 Å². The van der Waals surface area contributed by atoms with Gasteiger partial charge in [0.05, 0.1) is 26.2 Å². The van der Waals surface area contributed by atoms with Crippen molar-refractivity contribution in [2.45, 2.75) is 70.3 Å². The Kier molecular flexibility index (Phi) is 19.7. The zero-order valence-electron chi connectivity index (χ0n) is 22.8. The van der Waals surface area contributed by atoms with Crippen molar-refractivity contribution in [1.82, 2.24) is 14.7 Å². The van der Waals surface area contributed by atoms with Crippen LogP contribution in [0.2, 0.25) is 0 Å². The van der Waals surface area contributed by atoms with E-state index in [0.29, 0.717) is 12.8 Å². The van der Waals surface area contributed by atoms with Crippen molar-refractivity contribution in [1.29, 1.82) is 0 Å². The van der Waals surface area contributed by atoms with E-state index in [1.54, 1.807) is 0 Å². The van der Waals surface area contributed by atoms with Crippen LogP contribution in [0.25, 0.3) is 0 Å². The summed E-state index contributed by atoms with van der Waals surface area (Å²) in [4.78, 5) is 71.0. The molecule has 1 atom stereocenters. The van der Waals surface area contributed by atoms with Crippen molar-refractivity contribution < 1.29 is 59.4 Å². The number of hydrogen-bond donors (Lipinski definition) is 6. The van der Waals surface area contributed by atoms with E-state index in [1.165, 1.54) is 4.90 Å². The summed E-state index contributed by atoms with van der Waals surface area (Å²) < 4.78 is 0. The maximum Gasteiger partial charge on any atom is 0.320 e. The van der Waals surface area contributed by atoms with E-state index in [0.717, 1.165) is 48.3 Å². The summed E-state index contributed by atoms with van der Waals surface area (Å²) in [5, 5.41) is 54.9. The molecule has 0 saturated carbocycles. The van der Waals surface area contributed by atoms with E-state index >= 15 is 0 Å². The van der Waals surface area contributed by atoms with Gasteiger partial charge in [0.15, 0.2) is 0 Å². The lowest BCUT2D eigenvalue weighted by atomic mass is 10.0. The fourth-order valence-electron chi connectivity index (χ4n) is 4.29. The highest BCUT2D eigenvalue weighted by molar-refractivity contribution is 5.74. The standard InChI is InChI=1S/C25H43N3O12/c29-20(30)10-8-6-4-2-1-3-5-7-9-19(25(39)40)28(13-11-26(15-21(31)32)16-22(33)34)14-12-27(17-23(35)36)18-24(37)38/h19H,1-18H2,(H,29,30)(H,31,32)(H,33,34)(H,35,36)(H,37,38)(H,39,40). The molecule has 0 heterocycles. The predicted octanol–water partition coefficient (Wildman–Crippen LogP) is 0.670.